The van der Waals surface area contributed by atoms with Crippen LogP contribution in [-0.2, 0) is 0 Å². The lowest BCUT2D eigenvalue weighted by Crippen LogP contribution is -2.60. The van der Waals surface area contributed by atoms with E-state index in [2.05, 4.69) is 86.9 Å². The predicted octanol–water partition coefficient (Wildman–Crippen LogP) is 4.18. The summed E-state index contributed by atoms with van der Waals surface area (Å²) in [7, 11) is 2.09. The molecule has 20 heavy (non-hydrogen) atoms. The van der Waals surface area contributed by atoms with Crippen molar-refractivity contribution in [3.05, 3.63) is 71.8 Å². The third-order valence-electron chi connectivity index (χ3n) is 4.98. The van der Waals surface area contributed by atoms with Gasteiger partial charge in [-0.25, -0.2) is 0 Å². The Kier molecular flexibility index (Phi) is 3.39. The number of rotatable bonds is 3. The molecule has 0 bridgehead atoms. The molecule has 3 atom stereocenters. The first-order chi connectivity index (χ1) is 9.66. The van der Waals surface area contributed by atoms with Crippen LogP contribution in [0, 0.1) is 5.41 Å². The van der Waals surface area contributed by atoms with Gasteiger partial charge >= 0.3 is 0 Å². The highest BCUT2D eigenvalue weighted by Gasteiger charge is 2.56. The van der Waals surface area contributed by atoms with Crippen LogP contribution in [0.2, 0.25) is 0 Å². The molecule has 1 aliphatic carbocycles. The Balaban J connectivity index is 2.02. The molecule has 2 aromatic rings. The minimum Gasteiger partial charge on any atom is -0.316 e. The van der Waals surface area contributed by atoms with Gasteiger partial charge in [0, 0.05) is 12.0 Å². The average molecular weight is 265 g/mol. The lowest BCUT2D eigenvalue weighted by atomic mass is 9.48. The average Bonchev–Trinajstić information content (AvgIpc) is 2.47. The van der Waals surface area contributed by atoms with Crippen LogP contribution < -0.4 is 5.32 Å². The van der Waals surface area contributed by atoms with E-state index in [0.29, 0.717) is 17.9 Å². The predicted molar refractivity (Wildman–Crippen MR) is 85.0 cm³/mol. The lowest BCUT2D eigenvalue weighted by Gasteiger charge is -2.59. The standard InChI is InChI=1S/C19H23N/c1-19(2)17(15-12-8-5-9-13-15)16(18(19)20-3)14-10-6-4-7-11-14/h4-13,16-18,20H,1-3H3. The zero-order valence-electron chi connectivity index (χ0n) is 12.5. The number of nitrogens with one attached hydrogen (secondary N) is 1. The molecular weight excluding hydrogens is 242 g/mol. The van der Waals surface area contributed by atoms with Crippen molar-refractivity contribution in [2.24, 2.45) is 5.41 Å². The number of likely N-dealkylation sites (N-methyl/N-ethyl adjacent to an activating group) is 1. The van der Waals surface area contributed by atoms with Crippen LogP contribution in [0.1, 0.15) is 36.8 Å². The molecule has 1 saturated carbocycles. The first-order valence-electron chi connectivity index (χ1n) is 7.43. The molecule has 0 radical (unpaired) electrons. The molecule has 1 nitrogen and oxygen atoms in total. The molecule has 1 aliphatic rings. The number of hydrogen-bond acceptors (Lipinski definition) is 1. The minimum atomic E-state index is 0.274. The van der Waals surface area contributed by atoms with Crippen LogP contribution in [0.25, 0.3) is 0 Å². The number of benzene rings is 2. The maximum Gasteiger partial charge on any atom is 0.0196 e. The van der Waals surface area contributed by atoms with Gasteiger partial charge in [-0.1, -0.05) is 74.5 Å². The van der Waals surface area contributed by atoms with Gasteiger partial charge in [0.25, 0.3) is 0 Å². The Bertz CT molecular complexity index is 559. The molecule has 1 N–H and O–H groups in total. The largest absolute Gasteiger partial charge is 0.316 e. The van der Waals surface area contributed by atoms with Gasteiger partial charge in [-0.05, 0) is 29.5 Å². The van der Waals surface area contributed by atoms with Gasteiger partial charge < -0.3 is 5.32 Å². The fraction of sp³-hybridized carbons (Fsp3) is 0.368. The highest BCUT2D eigenvalue weighted by Crippen LogP contribution is 2.60. The summed E-state index contributed by atoms with van der Waals surface area (Å²) in [5.74, 6) is 1.13. The van der Waals surface area contributed by atoms with Crippen LogP contribution in [0.3, 0.4) is 0 Å². The highest BCUT2D eigenvalue weighted by atomic mass is 14.9. The highest BCUT2D eigenvalue weighted by molar-refractivity contribution is 5.39. The van der Waals surface area contributed by atoms with Crippen molar-refractivity contribution in [2.75, 3.05) is 7.05 Å². The van der Waals surface area contributed by atoms with E-state index in [1.54, 1.807) is 0 Å². The van der Waals surface area contributed by atoms with E-state index in [1.807, 2.05) is 0 Å². The number of hydrogen-bond donors (Lipinski definition) is 1. The second-order valence-electron chi connectivity index (χ2n) is 6.41. The summed E-state index contributed by atoms with van der Waals surface area (Å²) in [6.45, 7) is 4.76. The molecule has 1 heteroatoms. The Morgan fingerprint density at radius 2 is 1.30 bits per heavy atom. The van der Waals surface area contributed by atoms with Gasteiger partial charge in [0.1, 0.15) is 0 Å². The summed E-state index contributed by atoms with van der Waals surface area (Å²) >= 11 is 0. The van der Waals surface area contributed by atoms with E-state index < -0.39 is 0 Å². The summed E-state index contributed by atoms with van der Waals surface area (Å²) in [4.78, 5) is 0. The quantitative estimate of drug-likeness (QED) is 0.877. The van der Waals surface area contributed by atoms with E-state index in [1.165, 1.54) is 11.1 Å². The van der Waals surface area contributed by atoms with Gasteiger partial charge in [-0.15, -0.1) is 0 Å². The Hall–Kier alpha value is -1.60. The fourth-order valence-corrected chi connectivity index (χ4v) is 4.10. The molecule has 1 fully saturated rings. The molecule has 3 rings (SSSR count). The summed E-state index contributed by atoms with van der Waals surface area (Å²) in [5, 5.41) is 3.54. The van der Waals surface area contributed by atoms with E-state index in [4.69, 9.17) is 0 Å². The topological polar surface area (TPSA) is 12.0 Å². The van der Waals surface area contributed by atoms with Crippen molar-refractivity contribution in [1.82, 2.24) is 5.32 Å². The van der Waals surface area contributed by atoms with Crippen molar-refractivity contribution in [1.29, 1.82) is 0 Å². The molecule has 104 valence electrons. The molecular formula is C19H23N. The van der Waals surface area contributed by atoms with Gasteiger partial charge in [-0.2, -0.15) is 0 Å². The second kappa shape index (κ2) is 5.06. The van der Waals surface area contributed by atoms with E-state index in [-0.39, 0.29) is 5.41 Å². The van der Waals surface area contributed by atoms with Gasteiger partial charge in [0.15, 0.2) is 0 Å². The summed E-state index contributed by atoms with van der Waals surface area (Å²) in [6.07, 6.45) is 0. The Morgan fingerprint density at radius 3 is 1.80 bits per heavy atom. The molecule has 0 amide bonds. The van der Waals surface area contributed by atoms with E-state index in [0.717, 1.165) is 0 Å². The first-order valence-corrected chi connectivity index (χ1v) is 7.43. The van der Waals surface area contributed by atoms with Crippen molar-refractivity contribution < 1.29 is 0 Å². The smallest absolute Gasteiger partial charge is 0.0196 e. The molecule has 0 aliphatic heterocycles. The Morgan fingerprint density at radius 1 is 0.800 bits per heavy atom. The maximum absolute atomic E-state index is 3.54. The van der Waals surface area contributed by atoms with Crippen LogP contribution in [0.15, 0.2) is 60.7 Å². The van der Waals surface area contributed by atoms with Crippen molar-refractivity contribution in [2.45, 2.75) is 31.7 Å². The summed E-state index contributed by atoms with van der Waals surface area (Å²) in [6, 6.07) is 22.4. The first kappa shape index (κ1) is 13.4. The minimum absolute atomic E-state index is 0.274. The lowest BCUT2D eigenvalue weighted by molar-refractivity contribution is 0.0411. The van der Waals surface area contributed by atoms with E-state index >= 15 is 0 Å². The molecule has 0 saturated heterocycles. The third-order valence-corrected chi connectivity index (χ3v) is 4.98. The zero-order chi connectivity index (χ0) is 14.2. The molecule has 0 spiro atoms. The molecule has 0 heterocycles. The van der Waals surface area contributed by atoms with Gasteiger partial charge in [0.05, 0.1) is 0 Å². The van der Waals surface area contributed by atoms with Crippen molar-refractivity contribution >= 4 is 0 Å². The van der Waals surface area contributed by atoms with Gasteiger partial charge in [0.2, 0.25) is 0 Å². The zero-order valence-corrected chi connectivity index (χ0v) is 12.5. The fourth-order valence-electron chi connectivity index (χ4n) is 4.10. The normalized spacial score (nSPS) is 27.9. The summed E-state index contributed by atoms with van der Waals surface area (Å²) in [5.41, 5.74) is 3.18. The van der Waals surface area contributed by atoms with Crippen LogP contribution in [0.4, 0.5) is 0 Å². The SMILES string of the molecule is CNC1C(c2ccccc2)C(c2ccccc2)C1(C)C. The van der Waals surface area contributed by atoms with Crippen molar-refractivity contribution in [3.8, 4) is 0 Å². The molecule has 2 aromatic carbocycles. The second-order valence-corrected chi connectivity index (χ2v) is 6.41. The van der Waals surface area contributed by atoms with E-state index in [9.17, 15) is 0 Å². The maximum atomic E-state index is 3.54. The summed E-state index contributed by atoms with van der Waals surface area (Å²) < 4.78 is 0. The third kappa shape index (κ3) is 1.97. The van der Waals surface area contributed by atoms with Gasteiger partial charge in [-0.3, -0.25) is 0 Å². The van der Waals surface area contributed by atoms with Crippen molar-refractivity contribution in [3.63, 3.8) is 0 Å². The van der Waals surface area contributed by atoms with Crippen LogP contribution >= 0.6 is 0 Å². The monoisotopic (exact) mass is 265 g/mol. The van der Waals surface area contributed by atoms with Crippen LogP contribution in [-0.4, -0.2) is 13.1 Å². The molecule has 3 unspecified atom stereocenters. The molecule has 0 aromatic heterocycles. The Labute approximate surface area is 122 Å². The van der Waals surface area contributed by atoms with Crippen LogP contribution in [0.5, 0.6) is 0 Å².